The zero-order valence-electron chi connectivity index (χ0n) is 15.5. The van der Waals surface area contributed by atoms with Gasteiger partial charge in [0.05, 0.1) is 13.2 Å². The summed E-state index contributed by atoms with van der Waals surface area (Å²) in [6.07, 6.45) is 9.83. The fourth-order valence-corrected chi connectivity index (χ4v) is 4.38. The van der Waals surface area contributed by atoms with Gasteiger partial charge in [0.15, 0.2) is 0 Å². The van der Waals surface area contributed by atoms with E-state index < -0.39 is 0 Å². The molecule has 2 aromatic rings. The number of amides is 1. The number of ether oxygens (including phenoxy) is 1. The molecule has 140 valence electrons. The fraction of sp³-hybridized carbons (Fsp3) is 0.600. The number of hydrogen-bond acceptors (Lipinski definition) is 4. The van der Waals surface area contributed by atoms with Crippen molar-refractivity contribution in [2.45, 2.75) is 44.6 Å². The summed E-state index contributed by atoms with van der Waals surface area (Å²) >= 11 is 0. The molecule has 1 aliphatic heterocycles. The van der Waals surface area contributed by atoms with Crippen molar-refractivity contribution in [3.8, 4) is 0 Å². The van der Waals surface area contributed by atoms with Gasteiger partial charge in [0.2, 0.25) is 0 Å². The second-order valence-corrected chi connectivity index (χ2v) is 7.66. The summed E-state index contributed by atoms with van der Waals surface area (Å²) in [7, 11) is 0. The monoisotopic (exact) mass is 356 g/mol. The highest BCUT2D eigenvalue weighted by Crippen LogP contribution is 2.33. The van der Waals surface area contributed by atoms with Gasteiger partial charge in [0, 0.05) is 37.6 Å². The number of carbonyl (C=O) groups is 1. The lowest BCUT2D eigenvalue weighted by Gasteiger charge is -2.48. The van der Waals surface area contributed by atoms with Crippen LogP contribution in [-0.2, 0) is 4.74 Å². The molecule has 0 unspecified atom stereocenters. The van der Waals surface area contributed by atoms with Gasteiger partial charge in [-0.25, -0.2) is 4.98 Å². The molecule has 1 saturated heterocycles. The highest BCUT2D eigenvalue weighted by molar-refractivity contribution is 5.92. The molecule has 4 rings (SSSR count). The molecule has 6 heteroatoms. The van der Waals surface area contributed by atoms with Crippen LogP contribution in [0.4, 0.5) is 0 Å². The van der Waals surface area contributed by atoms with Crippen LogP contribution >= 0.6 is 0 Å². The molecule has 6 nitrogen and oxygen atoms in total. The largest absolute Gasteiger partial charge is 0.379 e. The Hall–Kier alpha value is -1.92. The van der Waals surface area contributed by atoms with Crippen molar-refractivity contribution < 1.29 is 9.53 Å². The Morgan fingerprint density at radius 1 is 1.27 bits per heavy atom. The molecule has 2 fully saturated rings. The molecule has 1 aliphatic carbocycles. The third-order valence-corrected chi connectivity index (χ3v) is 5.89. The number of aromatic nitrogens is 2. The van der Waals surface area contributed by atoms with Crippen molar-refractivity contribution in [1.29, 1.82) is 0 Å². The van der Waals surface area contributed by atoms with Crippen molar-refractivity contribution in [3.05, 3.63) is 35.8 Å². The van der Waals surface area contributed by atoms with Crippen LogP contribution in [0, 0.1) is 6.92 Å². The maximum absolute atomic E-state index is 12.7. The molecular formula is C20H28N4O2. The molecule has 1 saturated carbocycles. The van der Waals surface area contributed by atoms with Crippen molar-refractivity contribution in [1.82, 2.24) is 19.6 Å². The van der Waals surface area contributed by atoms with E-state index in [-0.39, 0.29) is 11.4 Å². The summed E-state index contributed by atoms with van der Waals surface area (Å²) in [4.78, 5) is 19.8. The van der Waals surface area contributed by atoms with E-state index in [0.29, 0.717) is 12.2 Å². The first-order valence-electron chi connectivity index (χ1n) is 9.73. The number of nitrogens with one attached hydrogen (secondary N) is 1. The number of aryl methyl sites for hydroxylation is 1. The van der Waals surface area contributed by atoms with E-state index in [1.165, 1.54) is 19.3 Å². The molecule has 1 N–H and O–H groups in total. The van der Waals surface area contributed by atoms with Crippen LogP contribution in [0.3, 0.4) is 0 Å². The van der Waals surface area contributed by atoms with Crippen LogP contribution in [0.25, 0.3) is 5.65 Å². The Morgan fingerprint density at radius 2 is 2.04 bits per heavy atom. The average Bonchev–Trinajstić information content (AvgIpc) is 3.11. The van der Waals surface area contributed by atoms with Crippen molar-refractivity contribution in [3.63, 3.8) is 0 Å². The van der Waals surface area contributed by atoms with Gasteiger partial charge >= 0.3 is 0 Å². The first-order valence-corrected chi connectivity index (χ1v) is 9.73. The Bertz CT molecular complexity index is 773. The van der Waals surface area contributed by atoms with Gasteiger partial charge in [0.25, 0.3) is 5.91 Å². The minimum absolute atomic E-state index is 0.0768. The van der Waals surface area contributed by atoms with E-state index >= 15 is 0 Å². The topological polar surface area (TPSA) is 58.9 Å². The molecule has 2 aliphatic rings. The quantitative estimate of drug-likeness (QED) is 0.914. The van der Waals surface area contributed by atoms with Crippen LogP contribution in [0.15, 0.2) is 24.5 Å². The van der Waals surface area contributed by atoms with E-state index in [9.17, 15) is 4.79 Å². The summed E-state index contributed by atoms with van der Waals surface area (Å²) < 4.78 is 7.44. The molecule has 0 atom stereocenters. The van der Waals surface area contributed by atoms with Crippen molar-refractivity contribution in [2.24, 2.45) is 0 Å². The van der Waals surface area contributed by atoms with Crippen molar-refractivity contribution in [2.75, 3.05) is 32.8 Å². The van der Waals surface area contributed by atoms with Gasteiger partial charge in [-0.2, -0.15) is 0 Å². The van der Waals surface area contributed by atoms with E-state index in [1.807, 2.05) is 35.9 Å². The Morgan fingerprint density at radius 3 is 2.81 bits per heavy atom. The maximum Gasteiger partial charge on any atom is 0.271 e. The van der Waals surface area contributed by atoms with Gasteiger partial charge in [0.1, 0.15) is 11.3 Å². The van der Waals surface area contributed by atoms with Gasteiger partial charge in [-0.15, -0.1) is 0 Å². The number of hydrogen-bond donors (Lipinski definition) is 1. The molecule has 0 spiro atoms. The zero-order chi connectivity index (χ0) is 18.0. The first-order chi connectivity index (χ1) is 12.7. The Balaban J connectivity index is 1.48. The van der Waals surface area contributed by atoms with E-state index in [1.54, 1.807) is 0 Å². The summed E-state index contributed by atoms with van der Waals surface area (Å²) in [5.41, 5.74) is 2.52. The first kappa shape index (κ1) is 17.5. The minimum atomic E-state index is -0.0791. The number of pyridine rings is 1. The molecule has 26 heavy (non-hydrogen) atoms. The molecule has 0 bridgehead atoms. The Labute approximate surface area is 154 Å². The number of imidazole rings is 1. The number of carbonyl (C=O) groups excluding carboxylic acids is 1. The lowest BCUT2D eigenvalue weighted by atomic mass is 9.79. The van der Waals surface area contributed by atoms with Crippen LogP contribution in [0.1, 0.15) is 48.2 Å². The van der Waals surface area contributed by atoms with E-state index in [4.69, 9.17) is 4.74 Å². The summed E-state index contributed by atoms with van der Waals surface area (Å²) in [5.74, 6) is -0.0791. The fourth-order valence-electron chi connectivity index (χ4n) is 4.38. The molecular weight excluding hydrogens is 328 g/mol. The van der Waals surface area contributed by atoms with Crippen LogP contribution in [-0.4, -0.2) is 58.6 Å². The summed E-state index contributed by atoms with van der Waals surface area (Å²) in [5, 5.41) is 3.19. The van der Waals surface area contributed by atoms with Crippen LogP contribution in [0.5, 0.6) is 0 Å². The Kier molecular flexibility index (Phi) is 4.96. The molecule has 2 aromatic heterocycles. The van der Waals surface area contributed by atoms with E-state index in [0.717, 1.165) is 50.4 Å². The predicted octanol–water partition coefficient (Wildman–Crippen LogP) is 2.41. The van der Waals surface area contributed by atoms with Gasteiger partial charge in [-0.1, -0.05) is 19.3 Å². The highest BCUT2D eigenvalue weighted by Gasteiger charge is 2.38. The van der Waals surface area contributed by atoms with Crippen molar-refractivity contribution >= 4 is 11.6 Å². The lowest BCUT2D eigenvalue weighted by molar-refractivity contribution is -0.0361. The van der Waals surface area contributed by atoms with E-state index in [2.05, 4.69) is 15.2 Å². The number of fused-ring (bicyclic) bond motifs is 1. The maximum atomic E-state index is 12.7. The van der Waals surface area contributed by atoms with Gasteiger partial charge < -0.3 is 14.5 Å². The third kappa shape index (κ3) is 3.48. The molecule has 0 aromatic carbocycles. The highest BCUT2D eigenvalue weighted by atomic mass is 16.5. The second-order valence-electron chi connectivity index (χ2n) is 7.66. The molecule has 0 radical (unpaired) electrons. The normalized spacial score (nSPS) is 21.0. The molecule has 1 amide bonds. The van der Waals surface area contributed by atoms with Gasteiger partial charge in [-0.3, -0.25) is 9.69 Å². The van der Waals surface area contributed by atoms with Gasteiger partial charge in [-0.05, 0) is 37.5 Å². The zero-order valence-corrected chi connectivity index (χ0v) is 15.5. The smallest absolute Gasteiger partial charge is 0.271 e. The predicted molar refractivity (Wildman–Crippen MR) is 100 cm³/mol. The lowest BCUT2D eigenvalue weighted by Crippen LogP contribution is -2.59. The standard InChI is InChI=1S/C20H28N4O2/c1-16-5-8-23-14-17(22-18(23)13-16)19(25)21-15-20(6-3-2-4-7-20)24-9-11-26-12-10-24/h5,8,13-14H,2-4,6-7,9-12,15H2,1H3,(H,21,25). The summed E-state index contributed by atoms with van der Waals surface area (Å²) in [6.45, 7) is 6.23. The number of morpholine rings is 1. The average molecular weight is 356 g/mol. The summed E-state index contributed by atoms with van der Waals surface area (Å²) in [6, 6.07) is 4.01. The number of rotatable bonds is 4. The number of nitrogens with zero attached hydrogens (tertiary/aromatic N) is 3. The second kappa shape index (κ2) is 7.37. The SMILES string of the molecule is Cc1ccn2cc(C(=O)NCC3(N4CCOCC4)CCCCC3)nc2c1. The van der Waals surface area contributed by atoms with Crippen LogP contribution in [0.2, 0.25) is 0 Å². The molecule has 3 heterocycles. The van der Waals surface area contributed by atoms with Crippen LogP contribution < -0.4 is 5.32 Å². The minimum Gasteiger partial charge on any atom is -0.379 e. The third-order valence-electron chi connectivity index (χ3n) is 5.89.